The minimum atomic E-state index is -0.267. The predicted octanol–water partition coefficient (Wildman–Crippen LogP) is 4.31. The number of piperazine rings is 1. The van der Waals surface area contributed by atoms with E-state index in [0.29, 0.717) is 46.2 Å². The largest absolute Gasteiger partial charge is 0.368 e. The van der Waals surface area contributed by atoms with Crippen molar-refractivity contribution in [2.24, 2.45) is 0 Å². The Balaban J connectivity index is 1.38. The Bertz CT molecular complexity index is 1420. The van der Waals surface area contributed by atoms with Crippen LogP contribution in [-0.4, -0.2) is 85.6 Å². The van der Waals surface area contributed by atoms with Crippen LogP contribution in [0.15, 0.2) is 42.6 Å². The maximum absolute atomic E-state index is 13.4. The van der Waals surface area contributed by atoms with Gasteiger partial charge in [-0.25, -0.2) is 4.98 Å². The van der Waals surface area contributed by atoms with Gasteiger partial charge in [-0.05, 0) is 50.0 Å². The molecular formula is C28H32Cl2N8O2. The number of nitrogens with one attached hydrogen (secondary N) is 1. The maximum atomic E-state index is 13.4. The van der Waals surface area contributed by atoms with Crippen LogP contribution in [0.25, 0.3) is 0 Å². The average molecular weight is 584 g/mol. The third-order valence-electron chi connectivity index (χ3n) is 7.05. The maximum Gasteiger partial charge on any atom is 0.265 e. The Morgan fingerprint density at radius 2 is 1.77 bits per heavy atom. The first-order chi connectivity index (χ1) is 19.1. The lowest BCUT2D eigenvalue weighted by Gasteiger charge is -2.37. The van der Waals surface area contributed by atoms with Crippen LogP contribution >= 0.6 is 23.2 Å². The first-order valence-corrected chi connectivity index (χ1v) is 13.8. The molecule has 1 saturated heterocycles. The molecule has 10 nitrogen and oxygen atoms in total. The van der Waals surface area contributed by atoms with Gasteiger partial charge in [0.2, 0.25) is 11.9 Å². The number of rotatable bonds is 6. The van der Waals surface area contributed by atoms with Crippen LogP contribution in [0, 0.1) is 0 Å². The van der Waals surface area contributed by atoms with E-state index in [1.54, 1.807) is 25.1 Å². The van der Waals surface area contributed by atoms with Gasteiger partial charge < -0.3 is 24.9 Å². The first-order valence-electron chi connectivity index (χ1n) is 13.0. The molecule has 2 aliphatic rings. The van der Waals surface area contributed by atoms with E-state index < -0.39 is 0 Å². The summed E-state index contributed by atoms with van der Waals surface area (Å²) in [6.45, 7) is 5.62. The summed E-state index contributed by atoms with van der Waals surface area (Å²) < 4.78 is 0. The topological polar surface area (TPSA) is 88.1 Å². The number of hydrogen-bond acceptors (Lipinski definition) is 8. The number of anilines is 5. The summed E-state index contributed by atoms with van der Waals surface area (Å²) in [5, 5.41) is 4.11. The zero-order valence-electron chi connectivity index (χ0n) is 23.0. The smallest absolute Gasteiger partial charge is 0.265 e. The van der Waals surface area contributed by atoms with Crippen molar-refractivity contribution in [2.45, 2.75) is 13.5 Å². The summed E-state index contributed by atoms with van der Waals surface area (Å²) in [6, 6.07) is 11.4. The highest BCUT2D eigenvalue weighted by atomic mass is 35.5. The molecule has 210 valence electrons. The van der Waals surface area contributed by atoms with Crippen molar-refractivity contribution < 1.29 is 9.59 Å². The van der Waals surface area contributed by atoms with E-state index in [2.05, 4.69) is 37.2 Å². The zero-order chi connectivity index (χ0) is 28.6. The van der Waals surface area contributed by atoms with Gasteiger partial charge in [0, 0.05) is 64.3 Å². The summed E-state index contributed by atoms with van der Waals surface area (Å²) in [7, 11) is 5.93. The minimum Gasteiger partial charge on any atom is -0.368 e. The van der Waals surface area contributed by atoms with Crippen molar-refractivity contribution in [1.82, 2.24) is 19.8 Å². The number of halogens is 2. The predicted molar refractivity (Wildman–Crippen MR) is 160 cm³/mol. The third kappa shape index (κ3) is 5.65. The molecule has 2 amide bonds. The van der Waals surface area contributed by atoms with Crippen LogP contribution in [0.4, 0.5) is 28.8 Å². The van der Waals surface area contributed by atoms with E-state index in [1.165, 1.54) is 11.1 Å². The van der Waals surface area contributed by atoms with Crippen molar-refractivity contribution in [3.63, 3.8) is 0 Å². The molecule has 2 aliphatic heterocycles. The highest BCUT2D eigenvalue weighted by Gasteiger charge is 2.32. The Labute approximate surface area is 244 Å². The van der Waals surface area contributed by atoms with E-state index in [0.717, 1.165) is 36.6 Å². The van der Waals surface area contributed by atoms with Gasteiger partial charge in [-0.1, -0.05) is 29.3 Å². The van der Waals surface area contributed by atoms with E-state index in [1.807, 2.05) is 37.0 Å². The Morgan fingerprint density at radius 1 is 1.07 bits per heavy atom. The number of amides is 2. The van der Waals surface area contributed by atoms with E-state index in [4.69, 9.17) is 23.2 Å². The van der Waals surface area contributed by atoms with Crippen molar-refractivity contribution in [1.29, 1.82) is 0 Å². The van der Waals surface area contributed by atoms with Crippen molar-refractivity contribution in [3.8, 4) is 0 Å². The third-order valence-corrected chi connectivity index (χ3v) is 7.66. The lowest BCUT2D eigenvalue weighted by atomic mass is 10.1. The summed E-state index contributed by atoms with van der Waals surface area (Å²) >= 11 is 12.8. The van der Waals surface area contributed by atoms with Crippen LogP contribution in [0.5, 0.6) is 0 Å². The highest BCUT2D eigenvalue weighted by molar-refractivity contribution is 6.40. The van der Waals surface area contributed by atoms with E-state index in [-0.39, 0.29) is 18.5 Å². The number of para-hydroxylation sites is 1. The lowest BCUT2D eigenvalue weighted by Crippen LogP contribution is -2.48. The monoisotopic (exact) mass is 582 g/mol. The van der Waals surface area contributed by atoms with E-state index in [9.17, 15) is 9.59 Å². The van der Waals surface area contributed by atoms with Gasteiger partial charge in [0.1, 0.15) is 11.4 Å². The van der Waals surface area contributed by atoms with Gasteiger partial charge in [-0.3, -0.25) is 14.5 Å². The number of carbonyl (C=O) groups excluding carboxylic acids is 2. The average Bonchev–Trinajstić information content (AvgIpc) is 2.91. The Hall–Kier alpha value is -3.60. The van der Waals surface area contributed by atoms with Crippen molar-refractivity contribution in [3.05, 3.63) is 63.8 Å². The van der Waals surface area contributed by atoms with Crippen molar-refractivity contribution >= 4 is 63.8 Å². The van der Waals surface area contributed by atoms with Crippen molar-refractivity contribution in [2.75, 3.05) is 74.0 Å². The van der Waals surface area contributed by atoms with Gasteiger partial charge >= 0.3 is 0 Å². The number of hydrogen-bond donors (Lipinski definition) is 1. The molecule has 0 bridgehead atoms. The molecule has 0 atom stereocenters. The molecule has 12 heteroatoms. The quantitative estimate of drug-likeness (QED) is 0.460. The summed E-state index contributed by atoms with van der Waals surface area (Å²) in [5.74, 6) is 0.763. The second kappa shape index (κ2) is 11.5. The molecule has 3 heterocycles. The first kappa shape index (κ1) is 27.9. The molecule has 2 aromatic carbocycles. The molecule has 0 saturated carbocycles. The van der Waals surface area contributed by atoms with Gasteiger partial charge in [-0.15, -0.1) is 0 Å². The zero-order valence-corrected chi connectivity index (χ0v) is 24.5. The fourth-order valence-corrected chi connectivity index (χ4v) is 5.71. The van der Waals surface area contributed by atoms with Gasteiger partial charge in [0.25, 0.3) is 5.91 Å². The number of benzene rings is 2. The fraction of sp³-hybridized carbons (Fsp3) is 0.357. The summed E-state index contributed by atoms with van der Waals surface area (Å²) in [5.41, 5.74) is 3.98. The molecule has 1 aromatic heterocycles. The molecule has 0 radical (unpaired) electrons. The molecule has 1 fully saturated rings. The van der Waals surface area contributed by atoms with Gasteiger partial charge in [0.05, 0.1) is 22.4 Å². The molecule has 0 spiro atoms. The van der Waals surface area contributed by atoms with Crippen LogP contribution in [-0.2, 0) is 11.3 Å². The van der Waals surface area contributed by atoms with Crippen LogP contribution in [0.1, 0.15) is 22.8 Å². The minimum absolute atomic E-state index is 0.116. The number of fused-ring (bicyclic) bond motifs is 1. The molecule has 40 heavy (non-hydrogen) atoms. The van der Waals surface area contributed by atoms with Crippen LogP contribution < -0.4 is 20.0 Å². The molecule has 5 rings (SSSR count). The molecule has 0 unspecified atom stereocenters. The summed E-state index contributed by atoms with van der Waals surface area (Å²) in [4.78, 5) is 44.0. The van der Waals surface area contributed by atoms with Gasteiger partial charge in [0.15, 0.2) is 0 Å². The van der Waals surface area contributed by atoms with E-state index >= 15 is 0 Å². The number of aromatic nitrogens is 2. The fourth-order valence-electron chi connectivity index (χ4n) is 5.11. The SMILES string of the molecule is CC(=O)N1CCN(c2ccc(Nc3ncc4c(n3)N(C)CN(c3c(Cl)cccc3Cl)C4=O)cc2CN(C)C)CC1. The second-order valence-corrected chi connectivity index (χ2v) is 11.1. The van der Waals surface area contributed by atoms with Crippen LogP contribution in [0.2, 0.25) is 10.0 Å². The Kier molecular flexibility index (Phi) is 8.02. The summed E-state index contributed by atoms with van der Waals surface area (Å²) in [6.07, 6.45) is 1.53. The standard InChI is InChI=1S/C28H32Cl2N8O2/c1-18(39)36-10-12-37(13-11-36)24-9-8-20(14-19(24)16-34(2)3)32-28-31-15-21-26(33-28)35(4)17-38(27(21)40)25-22(29)6-5-7-23(25)30/h5-9,14-15H,10-13,16-17H2,1-4H3,(H,31,32,33). The Morgan fingerprint density at radius 3 is 2.42 bits per heavy atom. The molecule has 0 aliphatic carbocycles. The highest BCUT2D eigenvalue weighted by Crippen LogP contribution is 2.37. The molecular weight excluding hydrogens is 551 g/mol. The van der Waals surface area contributed by atoms with Gasteiger partial charge in [-0.2, -0.15) is 4.98 Å². The number of carbonyl (C=O) groups is 2. The second-order valence-electron chi connectivity index (χ2n) is 10.3. The lowest BCUT2D eigenvalue weighted by molar-refractivity contribution is -0.129. The molecule has 1 N–H and O–H groups in total. The normalized spacial score (nSPS) is 15.5. The number of nitrogens with zero attached hydrogens (tertiary/aromatic N) is 7. The van der Waals surface area contributed by atoms with Crippen LogP contribution in [0.3, 0.4) is 0 Å². The molecule has 3 aromatic rings.